The molecule has 3 rings (SSSR count). The van der Waals surface area contributed by atoms with Gasteiger partial charge in [0.1, 0.15) is 0 Å². The summed E-state index contributed by atoms with van der Waals surface area (Å²) in [4.78, 5) is 20.1. The van der Waals surface area contributed by atoms with E-state index in [0.717, 1.165) is 47.7 Å². The topological polar surface area (TPSA) is 142 Å². The van der Waals surface area contributed by atoms with Crippen LogP contribution in [-0.4, -0.2) is 33.2 Å². The summed E-state index contributed by atoms with van der Waals surface area (Å²) in [6, 6.07) is 7.88. The summed E-state index contributed by atoms with van der Waals surface area (Å²) in [7, 11) is -6.00. The summed E-state index contributed by atoms with van der Waals surface area (Å²) >= 11 is 0. The van der Waals surface area contributed by atoms with Crippen molar-refractivity contribution in [3.63, 3.8) is 0 Å². The lowest BCUT2D eigenvalue weighted by molar-refractivity contribution is -0.394. The maximum absolute atomic E-state index is 13.0. The molecule has 0 heterocycles. The molecule has 2 aromatic rings. The van der Waals surface area contributed by atoms with E-state index in [1.54, 1.807) is 0 Å². The number of nitro groups is 2. The summed E-state index contributed by atoms with van der Waals surface area (Å²) < 4.78 is 34.8. The molecule has 1 aliphatic rings. The average molecular weight is 536 g/mol. The third-order valence-corrected chi connectivity index (χ3v) is 13.1. The molecule has 36 heavy (non-hydrogen) atoms. The monoisotopic (exact) mass is 535 g/mol. The zero-order valence-corrected chi connectivity index (χ0v) is 23.1. The van der Waals surface area contributed by atoms with Crippen molar-refractivity contribution in [2.75, 3.05) is 6.61 Å². The summed E-state index contributed by atoms with van der Waals surface area (Å²) in [5.41, 5.74) is 1.75. The third kappa shape index (κ3) is 6.36. The molecule has 1 atom stereocenters. The van der Waals surface area contributed by atoms with Crippen LogP contribution in [0.25, 0.3) is 0 Å². The fourth-order valence-corrected chi connectivity index (χ4v) is 6.35. The van der Waals surface area contributed by atoms with Crippen molar-refractivity contribution in [2.45, 2.75) is 75.5 Å². The Hall–Kier alpha value is -2.67. The van der Waals surface area contributed by atoms with Crippen LogP contribution in [-0.2, 0) is 27.3 Å². The highest BCUT2D eigenvalue weighted by Gasteiger charge is 2.37. The largest absolute Gasteiger partial charge is 0.417 e. The molecule has 0 bridgehead atoms. The zero-order chi connectivity index (χ0) is 26.9. The standard InChI is InChI=1S/C24H33N3O7SSi/c1-24(2,3)36(4,5)34-12-6-7-17-8-10-22-18(13-17)9-11-23(22)25-35(32,33)21-15-19(26(28)29)14-20(16-21)27(30)31/h8,10,13-16,23,25H,6-7,9,11-12H2,1-5H3. The lowest BCUT2D eigenvalue weighted by atomic mass is 10.0. The Kier molecular flexibility index (Phi) is 8.03. The Morgan fingerprint density at radius 2 is 1.67 bits per heavy atom. The molecule has 0 aliphatic heterocycles. The second-order valence-corrected chi connectivity index (χ2v) is 17.2. The van der Waals surface area contributed by atoms with Crippen molar-refractivity contribution < 1.29 is 22.7 Å². The Bertz CT molecular complexity index is 1240. The minimum atomic E-state index is -4.22. The number of fused-ring (bicyclic) bond motifs is 1. The van der Waals surface area contributed by atoms with E-state index in [1.165, 1.54) is 0 Å². The minimum Gasteiger partial charge on any atom is -0.417 e. The number of non-ortho nitro benzene ring substituents is 2. The van der Waals surface area contributed by atoms with Crippen molar-refractivity contribution >= 4 is 29.7 Å². The van der Waals surface area contributed by atoms with Crippen LogP contribution in [0, 0.1) is 20.2 Å². The van der Waals surface area contributed by atoms with E-state index in [9.17, 15) is 28.6 Å². The van der Waals surface area contributed by atoms with Gasteiger partial charge in [-0.15, -0.1) is 0 Å². The fourth-order valence-electron chi connectivity index (χ4n) is 3.96. The van der Waals surface area contributed by atoms with E-state index >= 15 is 0 Å². The molecule has 1 aliphatic carbocycles. The first-order valence-corrected chi connectivity index (χ1v) is 16.2. The molecule has 0 spiro atoms. The van der Waals surface area contributed by atoms with Gasteiger partial charge in [0.25, 0.3) is 11.4 Å². The number of hydrogen-bond donors (Lipinski definition) is 1. The Labute approximate surface area is 212 Å². The van der Waals surface area contributed by atoms with Crippen LogP contribution in [0.1, 0.15) is 56.3 Å². The lowest BCUT2D eigenvalue weighted by Gasteiger charge is -2.36. The number of nitro benzene ring substituents is 2. The fraction of sp³-hybridized carbons (Fsp3) is 0.500. The van der Waals surface area contributed by atoms with Crippen molar-refractivity contribution in [3.8, 4) is 0 Å². The molecule has 196 valence electrons. The van der Waals surface area contributed by atoms with Gasteiger partial charge in [0.15, 0.2) is 8.32 Å². The quantitative estimate of drug-likeness (QED) is 0.185. The van der Waals surface area contributed by atoms with E-state index in [2.05, 4.69) is 44.7 Å². The van der Waals surface area contributed by atoms with Crippen LogP contribution in [0.2, 0.25) is 18.1 Å². The van der Waals surface area contributed by atoms with Gasteiger partial charge in [0, 0.05) is 24.8 Å². The summed E-state index contributed by atoms with van der Waals surface area (Å²) in [6.45, 7) is 11.8. The van der Waals surface area contributed by atoms with E-state index in [-0.39, 0.29) is 5.04 Å². The lowest BCUT2D eigenvalue weighted by Crippen LogP contribution is -2.41. The molecule has 0 radical (unpaired) electrons. The zero-order valence-electron chi connectivity index (χ0n) is 21.2. The number of nitrogens with one attached hydrogen (secondary N) is 1. The van der Waals surface area contributed by atoms with Crippen LogP contribution in [0.3, 0.4) is 0 Å². The molecule has 0 aromatic heterocycles. The Morgan fingerprint density at radius 3 is 2.22 bits per heavy atom. The summed E-state index contributed by atoms with van der Waals surface area (Å²) in [6.07, 6.45) is 2.97. The predicted molar refractivity (Wildman–Crippen MR) is 139 cm³/mol. The van der Waals surface area contributed by atoms with Crippen molar-refractivity contribution in [3.05, 3.63) is 73.3 Å². The molecule has 0 saturated carbocycles. The van der Waals surface area contributed by atoms with Gasteiger partial charge in [0.2, 0.25) is 10.0 Å². The predicted octanol–water partition coefficient (Wildman–Crippen LogP) is 5.42. The number of hydrogen-bond acceptors (Lipinski definition) is 7. The van der Waals surface area contributed by atoms with Gasteiger partial charge in [-0.3, -0.25) is 20.2 Å². The van der Waals surface area contributed by atoms with Gasteiger partial charge < -0.3 is 4.43 Å². The molecule has 1 N–H and O–H groups in total. The van der Waals surface area contributed by atoms with Crippen molar-refractivity contribution in [2.24, 2.45) is 0 Å². The number of aryl methyl sites for hydroxylation is 2. The second-order valence-electron chi connectivity index (χ2n) is 10.7. The average Bonchev–Trinajstić information content (AvgIpc) is 3.16. The SMILES string of the molecule is CC(C)(C)[Si](C)(C)OCCCc1ccc2c(c1)CCC2NS(=O)(=O)c1cc([N+](=O)[O-])cc([N+](=O)[O-])c1. The van der Waals surface area contributed by atoms with E-state index in [0.29, 0.717) is 19.4 Å². The highest BCUT2D eigenvalue weighted by molar-refractivity contribution is 7.89. The molecular formula is C24H33N3O7SSi. The molecule has 12 heteroatoms. The maximum atomic E-state index is 13.0. The smallest absolute Gasteiger partial charge is 0.277 e. The van der Waals surface area contributed by atoms with Crippen molar-refractivity contribution in [1.82, 2.24) is 4.72 Å². The van der Waals surface area contributed by atoms with Crippen LogP contribution in [0.15, 0.2) is 41.3 Å². The second kappa shape index (κ2) is 10.4. The highest BCUT2D eigenvalue weighted by atomic mass is 32.2. The number of benzene rings is 2. The molecule has 0 fully saturated rings. The Balaban J connectivity index is 1.69. The molecule has 2 aromatic carbocycles. The first kappa shape index (κ1) is 27.9. The summed E-state index contributed by atoms with van der Waals surface area (Å²) in [5, 5.41) is 22.5. The van der Waals surface area contributed by atoms with Crippen LogP contribution < -0.4 is 4.72 Å². The Morgan fingerprint density at radius 1 is 1.06 bits per heavy atom. The van der Waals surface area contributed by atoms with Crippen LogP contribution in [0.5, 0.6) is 0 Å². The van der Waals surface area contributed by atoms with Gasteiger partial charge in [0.05, 0.1) is 20.8 Å². The highest BCUT2D eigenvalue weighted by Crippen LogP contribution is 2.37. The van der Waals surface area contributed by atoms with Gasteiger partial charge >= 0.3 is 0 Å². The van der Waals surface area contributed by atoms with Crippen molar-refractivity contribution in [1.29, 1.82) is 0 Å². The molecule has 10 nitrogen and oxygen atoms in total. The molecule has 0 amide bonds. The first-order chi connectivity index (χ1) is 16.6. The first-order valence-electron chi connectivity index (χ1n) is 11.8. The normalized spacial score (nSPS) is 16.1. The number of rotatable bonds is 10. The molecule has 1 unspecified atom stereocenters. The van der Waals surface area contributed by atoms with E-state index in [1.807, 2.05) is 12.1 Å². The molecular weight excluding hydrogens is 502 g/mol. The van der Waals surface area contributed by atoms with E-state index in [4.69, 9.17) is 4.43 Å². The van der Waals surface area contributed by atoms with Gasteiger partial charge in [-0.05, 0) is 60.5 Å². The van der Waals surface area contributed by atoms with Crippen LogP contribution >= 0.6 is 0 Å². The van der Waals surface area contributed by atoms with E-state index < -0.39 is 50.5 Å². The maximum Gasteiger partial charge on any atom is 0.277 e. The third-order valence-electron chi connectivity index (χ3n) is 7.07. The van der Waals surface area contributed by atoms with Crippen LogP contribution in [0.4, 0.5) is 11.4 Å². The van der Waals surface area contributed by atoms with Gasteiger partial charge in [-0.1, -0.05) is 39.0 Å². The van der Waals surface area contributed by atoms with Gasteiger partial charge in [-0.2, -0.15) is 0 Å². The number of sulfonamides is 1. The summed E-state index contributed by atoms with van der Waals surface area (Å²) in [5.74, 6) is 0. The number of nitrogens with zero attached hydrogens (tertiary/aromatic N) is 2. The van der Waals surface area contributed by atoms with Gasteiger partial charge in [-0.25, -0.2) is 13.1 Å². The molecule has 0 saturated heterocycles. The minimum absolute atomic E-state index is 0.165.